The minimum absolute atomic E-state index is 0.202. The van der Waals surface area contributed by atoms with Gasteiger partial charge in [-0.25, -0.2) is 4.98 Å². The summed E-state index contributed by atoms with van der Waals surface area (Å²) in [6, 6.07) is 11.9. The number of piperazine rings is 1. The number of nitrogens with zero attached hydrogens (tertiary/aromatic N) is 5. The van der Waals surface area contributed by atoms with E-state index in [0.717, 1.165) is 47.2 Å². The molecule has 0 bridgehead atoms. The normalized spacial score (nSPS) is 16.3. The van der Waals surface area contributed by atoms with E-state index in [1.165, 1.54) is 0 Å². The fraction of sp³-hybridized carbons (Fsp3) is 0.280. The van der Waals surface area contributed by atoms with E-state index in [1.807, 2.05) is 48.8 Å². The predicted molar refractivity (Wildman–Crippen MR) is 126 cm³/mol. The molecule has 33 heavy (non-hydrogen) atoms. The maximum absolute atomic E-state index is 11.6. The molecule has 0 unspecified atom stereocenters. The third-order valence-electron chi connectivity index (χ3n) is 5.95. The van der Waals surface area contributed by atoms with Crippen molar-refractivity contribution in [3.05, 3.63) is 66.0 Å². The monoisotopic (exact) mass is 443 g/mol. The lowest BCUT2D eigenvalue weighted by Gasteiger charge is -2.34. The lowest BCUT2D eigenvalue weighted by atomic mass is 10.1. The van der Waals surface area contributed by atoms with Gasteiger partial charge in [0.15, 0.2) is 0 Å². The van der Waals surface area contributed by atoms with Gasteiger partial charge in [-0.2, -0.15) is 0 Å². The van der Waals surface area contributed by atoms with Crippen molar-refractivity contribution in [1.29, 1.82) is 0 Å². The number of ether oxygens (including phenoxy) is 1. The Morgan fingerprint density at radius 1 is 1.03 bits per heavy atom. The first-order valence-electron chi connectivity index (χ1n) is 11.0. The lowest BCUT2D eigenvalue weighted by molar-refractivity contribution is -0.135. The number of aromatic nitrogens is 2. The van der Waals surface area contributed by atoms with Crippen molar-refractivity contribution in [3.63, 3.8) is 0 Å². The van der Waals surface area contributed by atoms with Gasteiger partial charge < -0.3 is 14.7 Å². The number of allylic oxidation sites excluding steroid dienone is 1. The molecule has 0 spiro atoms. The van der Waals surface area contributed by atoms with Crippen LogP contribution in [0.3, 0.4) is 0 Å². The van der Waals surface area contributed by atoms with E-state index in [4.69, 9.17) is 9.84 Å². The molecule has 8 nitrogen and oxygen atoms in total. The molecule has 3 aromatic rings. The predicted octanol–water partition coefficient (Wildman–Crippen LogP) is 2.53. The Labute approximate surface area is 191 Å². The number of aliphatic hydroxyl groups excluding tert-OH is 1. The Morgan fingerprint density at radius 2 is 1.91 bits per heavy atom. The topological polar surface area (TPSA) is 91.2 Å². The number of rotatable bonds is 6. The average Bonchev–Trinajstić information content (AvgIpc) is 3.40. The molecule has 1 amide bonds. The highest BCUT2D eigenvalue weighted by Gasteiger charge is 2.20. The molecular formula is C25H25N5O3. The van der Waals surface area contributed by atoms with Crippen LogP contribution in [-0.2, 0) is 11.3 Å². The Morgan fingerprint density at radius 3 is 2.64 bits per heavy atom. The van der Waals surface area contributed by atoms with E-state index >= 15 is 0 Å². The van der Waals surface area contributed by atoms with E-state index in [0.29, 0.717) is 31.3 Å². The number of aliphatic hydroxyl groups is 1. The zero-order chi connectivity index (χ0) is 22.6. The summed E-state index contributed by atoms with van der Waals surface area (Å²) in [7, 11) is 0. The molecular weight excluding hydrogens is 418 g/mol. The van der Waals surface area contributed by atoms with Crippen LogP contribution in [0, 0.1) is 0 Å². The molecule has 1 fully saturated rings. The molecule has 0 saturated carbocycles. The standard InChI is InChI=1S/C25H25N5O3/c31-17-25(32)30-9-7-29(8-10-30)16-18-11-19-1-3-22(12-23(19)27-13-18)33-24-4-2-20(15-28-24)21-5-6-26-14-21/h1-6,11-13,15,31H,7-10,14,16-17H2. The maximum atomic E-state index is 11.6. The number of hydrogen-bond donors (Lipinski definition) is 1. The van der Waals surface area contributed by atoms with E-state index < -0.39 is 6.61 Å². The van der Waals surface area contributed by atoms with Crippen LogP contribution in [0.25, 0.3) is 16.5 Å². The molecule has 0 aliphatic carbocycles. The summed E-state index contributed by atoms with van der Waals surface area (Å²) >= 11 is 0. The van der Waals surface area contributed by atoms with Crippen LogP contribution in [0.15, 0.2) is 59.9 Å². The van der Waals surface area contributed by atoms with Gasteiger partial charge in [-0.15, -0.1) is 0 Å². The van der Waals surface area contributed by atoms with Crippen LogP contribution in [0.1, 0.15) is 11.1 Å². The van der Waals surface area contributed by atoms with Gasteiger partial charge in [0.2, 0.25) is 11.8 Å². The van der Waals surface area contributed by atoms with Crippen LogP contribution in [0.5, 0.6) is 11.6 Å². The Bertz CT molecular complexity index is 1210. The third kappa shape index (κ3) is 4.92. The third-order valence-corrected chi connectivity index (χ3v) is 5.95. The molecule has 0 atom stereocenters. The number of fused-ring (bicyclic) bond motifs is 1. The second-order valence-electron chi connectivity index (χ2n) is 8.18. The van der Waals surface area contributed by atoms with Crippen LogP contribution < -0.4 is 4.74 Å². The number of carbonyl (C=O) groups is 1. The molecule has 2 aliphatic heterocycles. The quantitative estimate of drug-likeness (QED) is 0.630. The summed E-state index contributed by atoms with van der Waals surface area (Å²) in [6.07, 6.45) is 7.51. The van der Waals surface area contributed by atoms with Gasteiger partial charge in [0.1, 0.15) is 12.4 Å². The van der Waals surface area contributed by atoms with Gasteiger partial charge in [0.05, 0.1) is 12.1 Å². The molecule has 5 rings (SSSR count). The summed E-state index contributed by atoms with van der Waals surface area (Å²) in [5, 5.41) is 10.1. The number of amides is 1. The van der Waals surface area contributed by atoms with Crippen molar-refractivity contribution < 1.29 is 14.6 Å². The van der Waals surface area contributed by atoms with Gasteiger partial charge in [0, 0.05) is 68.9 Å². The molecule has 2 aromatic heterocycles. The molecule has 168 valence electrons. The van der Waals surface area contributed by atoms with Crippen LogP contribution >= 0.6 is 0 Å². The van der Waals surface area contributed by atoms with E-state index in [2.05, 4.69) is 25.9 Å². The largest absolute Gasteiger partial charge is 0.439 e. The molecule has 1 N–H and O–H groups in total. The number of benzene rings is 1. The van der Waals surface area contributed by atoms with Gasteiger partial charge >= 0.3 is 0 Å². The van der Waals surface area contributed by atoms with E-state index in [9.17, 15) is 4.79 Å². The SMILES string of the molecule is O=C(CO)N1CCN(Cc2cnc3cc(Oc4ccc(C5=CC=NC5)cn4)ccc3c2)CC1. The summed E-state index contributed by atoms with van der Waals surface area (Å²) < 4.78 is 5.93. The number of hydrogen-bond acceptors (Lipinski definition) is 7. The molecule has 4 heterocycles. The van der Waals surface area contributed by atoms with Crippen LogP contribution in [0.4, 0.5) is 0 Å². The minimum atomic E-state index is -0.421. The van der Waals surface area contributed by atoms with Gasteiger partial charge in [-0.05, 0) is 47.0 Å². The molecule has 2 aliphatic rings. The fourth-order valence-electron chi connectivity index (χ4n) is 4.10. The zero-order valence-corrected chi connectivity index (χ0v) is 18.2. The highest BCUT2D eigenvalue weighted by Crippen LogP contribution is 2.26. The first-order chi connectivity index (χ1) is 16.2. The van der Waals surface area contributed by atoms with Gasteiger partial charge in [0.25, 0.3) is 0 Å². The zero-order valence-electron chi connectivity index (χ0n) is 18.2. The fourth-order valence-corrected chi connectivity index (χ4v) is 4.10. The Balaban J connectivity index is 1.22. The van der Waals surface area contributed by atoms with Gasteiger partial charge in [-0.1, -0.05) is 0 Å². The number of carbonyl (C=O) groups excluding carboxylic acids is 1. The maximum Gasteiger partial charge on any atom is 0.248 e. The lowest BCUT2D eigenvalue weighted by Crippen LogP contribution is -2.49. The Hall–Kier alpha value is -3.62. The number of pyridine rings is 2. The van der Waals surface area contributed by atoms with Crippen LogP contribution in [-0.4, -0.2) is 76.3 Å². The smallest absolute Gasteiger partial charge is 0.248 e. The Kier molecular flexibility index (Phi) is 6.10. The second-order valence-corrected chi connectivity index (χ2v) is 8.18. The van der Waals surface area contributed by atoms with Crippen LogP contribution in [0.2, 0.25) is 0 Å². The first kappa shape index (κ1) is 21.2. The molecule has 0 radical (unpaired) electrons. The first-order valence-corrected chi connectivity index (χ1v) is 11.0. The summed E-state index contributed by atoms with van der Waals surface area (Å²) in [5.41, 5.74) is 4.19. The van der Waals surface area contributed by atoms with Crippen molar-refractivity contribution in [2.45, 2.75) is 6.54 Å². The molecule has 8 heteroatoms. The van der Waals surface area contributed by atoms with Crippen molar-refractivity contribution in [2.24, 2.45) is 4.99 Å². The van der Waals surface area contributed by atoms with Crippen molar-refractivity contribution in [2.75, 3.05) is 39.3 Å². The minimum Gasteiger partial charge on any atom is -0.439 e. The van der Waals surface area contributed by atoms with E-state index in [1.54, 1.807) is 11.1 Å². The van der Waals surface area contributed by atoms with Gasteiger partial charge in [-0.3, -0.25) is 19.7 Å². The summed E-state index contributed by atoms with van der Waals surface area (Å²) in [6.45, 7) is 3.90. The van der Waals surface area contributed by atoms with Crippen molar-refractivity contribution in [1.82, 2.24) is 19.8 Å². The highest BCUT2D eigenvalue weighted by molar-refractivity contribution is 5.89. The van der Waals surface area contributed by atoms with Crippen molar-refractivity contribution >= 4 is 28.6 Å². The van der Waals surface area contributed by atoms with Crippen molar-refractivity contribution in [3.8, 4) is 11.6 Å². The average molecular weight is 444 g/mol. The van der Waals surface area contributed by atoms with E-state index in [-0.39, 0.29) is 5.91 Å². The second kappa shape index (κ2) is 9.48. The summed E-state index contributed by atoms with van der Waals surface area (Å²) in [5.74, 6) is 1.02. The summed E-state index contributed by atoms with van der Waals surface area (Å²) in [4.78, 5) is 28.9. The molecule has 1 aromatic carbocycles. The number of aliphatic imine (C=N–C) groups is 1. The highest BCUT2D eigenvalue weighted by atomic mass is 16.5. The molecule has 1 saturated heterocycles.